The van der Waals surface area contributed by atoms with Crippen molar-refractivity contribution >= 4 is 0 Å². The van der Waals surface area contributed by atoms with E-state index in [1.165, 1.54) is 38.5 Å². The van der Waals surface area contributed by atoms with Crippen molar-refractivity contribution in [3.8, 4) is 0 Å². The molecule has 0 aliphatic heterocycles. The molecule has 0 rings (SSSR count). The third-order valence-electron chi connectivity index (χ3n) is 2.39. The highest BCUT2D eigenvalue weighted by Gasteiger charge is 2.07. The summed E-state index contributed by atoms with van der Waals surface area (Å²) < 4.78 is 5.85. The van der Waals surface area contributed by atoms with Crippen LogP contribution in [-0.4, -0.2) is 12.2 Å². The highest BCUT2D eigenvalue weighted by Crippen LogP contribution is 2.10. The average Bonchev–Trinajstić information content (AvgIpc) is 2.11. The van der Waals surface area contributed by atoms with Crippen LogP contribution in [0.5, 0.6) is 0 Å². The molecule has 0 aromatic rings. The highest BCUT2D eigenvalue weighted by atomic mass is 16.5. The van der Waals surface area contributed by atoms with Crippen LogP contribution in [0.25, 0.3) is 0 Å². The van der Waals surface area contributed by atoms with E-state index in [1.807, 2.05) is 0 Å². The molecule has 0 spiro atoms. The van der Waals surface area contributed by atoms with Gasteiger partial charge in [0.15, 0.2) is 0 Å². The summed E-state index contributed by atoms with van der Waals surface area (Å²) in [6.07, 6.45) is 8.47. The second-order valence-electron chi connectivity index (χ2n) is 4.04. The minimum absolute atomic E-state index is 0.451. The summed E-state index contributed by atoms with van der Waals surface area (Å²) in [5.41, 5.74) is 0. The summed E-state index contributed by atoms with van der Waals surface area (Å²) in [6.45, 7) is 8.84. The van der Waals surface area contributed by atoms with Crippen molar-refractivity contribution in [2.45, 2.75) is 78.4 Å². The van der Waals surface area contributed by atoms with E-state index in [1.54, 1.807) is 0 Å². The Labute approximate surface area is 83.9 Å². The lowest BCUT2D eigenvalue weighted by Crippen LogP contribution is -2.16. The average molecular weight is 186 g/mol. The summed E-state index contributed by atoms with van der Waals surface area (Å²) in [5, 5.41) is 0. The van der Waals surface area contributed by atoms with Gasteiger partial charge in [0.25, 0.3) is 0 Å². The van der Waals surface area contributed by atoms with Gasteiger partial charge in [-0.25, -0.2) is 0 Å². The van der Waals surface area contributed by atoms with Gasteiger partial charge in [-0.2, -0.15) is 0 Å². The molecule has 0 fully saturated rings. The molecule has 0 aliphatic carbocycles. The second kappa shape index (κ2) is 8.55. The van der Waals surface area contributed by atoms with Gasteiger partial charge < -0.3 is 4.74 Å². The Bertz CT molecular complexity index is 89.3. The first-order valence-electron chi connectivity index (χ1n) is 5.86. The summed E-state index contributed by atoms with van der Waals surface area (Å²) in [7, 11) is 0. The molecule has 1 nitrogen and oxygen atoms in total. The number of ether oxygens (including phenoxy) is 1. The van der Waals surface area contributed by atoms with Crippen LogP contribution < -0.4 is 0 Å². The third kappa shape index (κ3) is 8.29. The number of hydrogen-bond donors (Lipinski definition) is 0. The summed E-state index contributed by atoms with van der Waals surface area (Å²) >= 11 is 0. The van der Waals surface area contributed by atoms with Crippen molar-refractivity contribution in [1.29, 1.82) is 0 Å². The zero-order valence-corrected chi connectivity index (χ0v) is 9.81. The van der Waals surface area contributed by atoms with Gasteiger partial charge in [-0.05, 0) is 26.7 Å². The first kappa shape index (κ1) is 13.0. The van der Waals surface area contributed by atoms with Crippen molar-refractivity contribution < 1.29 is 4.74 Å². The maximum atomic E-state index is 5.85. The molecule has 0 aliphatic rings. The standard InChI is InChI=1S/C12H26O/c1-5-7-9-11(3)13-12(4)10-8-6-2/h11-12H,5-10H2,1-4H3. The number of unbranched alkanes of at least 4 members (excludes halogenated alkanes) is 2. The molecule has 0 N–H and O–H groups in total. The van der Waals surface area contributed by atoms with Crippen molar-refractivity contribution in [3.05, 3.63) is 0 Å². The molecule has 0 bridgehead atoms. The molecule has 0 saturated heterocycles. The fourth-order valence-corrected chi connectivity index (χ4v) is 1.52. The van der Waals surface area contributed by atoms with E-state index in [0.717, 1.165) is 0 Å². The van der Waals surface area contributed by atoms with E-state index >= 15 is 0 Å². The van der Waals surface area contributed by atoms with Crippen LogP contribution in [0.15, 0.2) is 0 Å². The van der Waals surface area contributed by atoms with Gasteiger partial charge in [0, 0.05) is 0 Å². The molecule has 0 saturated carbocycles. The number of hydrogen-bond acceptors (Lipinski definition) is 1. The van der Waals surface area contributed by atoms with Gasteiger partial charge >= 0.3 is 0 Å². The van der Waals surface area contributed by atoms with Crippen molar-refractivity contribution in [2.24, 2.45) is 0 Å². The lowest BCUT2D eigenvalue weighted by Gasteiger charge is -2.18. The molecule has 80 valence electrons. The predicted octanol–water partition coefficient (Wildman–Crippen LogP) is 4.16. The molecule has 0 amide bonds. The molecular weight excluding hydrogens is 160 g/mol. The zero-order valence-electron chi connectivity index (χ0n) is 9.81. The summed E-state index contributed by atoms with van der Waals surface area (Å²) in [6, 6.07) is 0. The minimum atomic E-state index is 0.451. The van der Waals surface area contributed by atoms with Crippen LogP contribution in [0, 0.1) is 0 Å². The normalized spacial score (nSPS) is 15.7. The molecule has 13 heavy (non-hydrogen) atoms. The summed E-state index contributed by atoms with van der Waals surface area (Å²) in [5.74, 6) is 0. The van der Waals surface area contributed by atoms with Gasteiger partial charge in [-0.3, -0.25) is 0 Å². The molecule has 0 aromatic heterocycles. The topological polar surface area (TPSA) is 9.23 Å². The van der Waals surface area contributed by atoms with Gasteiger partial charge in [0.05, 0.1) is 12.2 Å². The molecule has 0 aromatic carbocycles. The molecule has 0 heterocycles. The predicted molar refractivity (Wildman–Crippen MR) is 59.1 cm³/mol. The lowest BCUT2D eigenvalue weighted by molar-refractivity contribution is -0.00188. The van der Waals surface area contributed by atoms with E-state index in [2.05, 4.69) is 27.7 Å². The van der Waals surface area contributed by atoms with Gasteiger partial charge in [0.1, 0.15) is 0 Å². The van der Waals surface area contributed by atoms with Crippen LogP contribution in [-0.2, 0) is 4.74 Å². The quantitative estimate of drug-likeness (QED) is 0.553. The first-order chi connectivity index (χ1) is 6.20. The van der Waals surface area contributed by atoms with Gasteiger partial charge in [-0.1, -0.05) is 39.5 Å². The first-order valence-corrected chi connectivity index (χ1v) is 5.86. The third-order valence-corrected chi connectivity index (χ3v) is 2.39. The zero-order chi connectivity index (χ0) is 10.1. The van der Waals surface area contributed by atoms with Crippen molar-refractivity contribution in [1.82, 2.24) is 0 Å². The van der Waals surface area contributed by atoms with Crippen LogP contribution in [0.4, 0.5) is 0 Å². The van der Waals surface area contributed by atoms with E-state index in [0.29, 0.717) is 12.2 Å². The molecule has 2 atom stereocenters. The Kier molecular flexibility index (Phi) is 8.53. The Morgan fingerprint density at radius 3 is 1.54 bits per heavy atom. The molecule has 0 radical (unpaired) electrons. The van der Waals surface area contributed by atoms with Crippen molar-refractivity contribution in [2.75, 3.05) is 0 Å². The maximum Gasteiger partial charge on any atom is 0.0550 e. The lowest BCUT2D eigenvalue weighted by atomic mass is 10.1. The SMILES string of the molecule is CCCCC(C)OC(C)CCCC. The largest absolute Gasteiger partial charge is 0.376 e. The van der Waals surface area contributed by atoms with Crippen molar-refractivity contribution in [3.63, 3.8) is 0 Å². The van der Waals surface area contributed by atoms with Gasteiger partial charge in [-0.15, -0.1) is 0 Å². The van der Waals surface area contributed by atoms with Gasteiger partial charge in [0.2, 0.25) is 0 Å². The monoisotopic (exact) mass is 186 g/mol. The smallest absolute Gasteiger partial charge is 0.0550 e. The maximum absolute atomic E-state index is 5.85. The fourth-order valence-electron chi connectivity index (χ4n) is 1.52. The molecule has 2 unspecified atom stereocenters. The van der Waals surface area contributed by atoms with Crippen LogP contribution in [0.2, 0.25) is 0 Å². The Hall–Kier alpha value is -0.0400. The van der Waals surface area contributed by atoms with Crippen LogP contribution >= 0.6 is 0 Å². The Morgan fingerprint density at radius 2 is 1.23 bits per heavy atom. The Morgan fingerprint density at radius 1 is 0.846 bits per heavy atom. The molecule has 1 heteroatoms. The fraction of sp³-hybridized carbons (Fsp3) is 1.00. The minimum Gasteiger partial charge on any atom is -0.376 e. The molecular formula is C12H26O. The highest BCUT2D eigenvalue weighted by molar-refractivity contribution is 4.56. The van der Waals surface area contributed by atoms with E-state index in [9.17, 15) is 0 Å². The number of rotatable bonds is 8. The second-order valence-corrected chi connectivity index (χ2v) is 4.04. The van der Waals surface area contributed by atoms with Crippen LogP contribution in [0.3, 0.4) is 0 Å². The van der Waals surface area contributed by atoms with E-state index < -0.39 is 0 Å². The van der Waals surface area contributed by atoms with E-state index in [-0.39, 0.29) is 0 Å². The summed E-state index contributed by atoms with van der Waals surface area (Å²) in [4.78, 5) is 0. The van der Waals surface area contributed by atoms with Crippen LogP contribution in [0.1, 0.15) is 66.2 Å². The van der Waals surface area contributed by atoms with E-state index in [4.69, 9.17) is 4.74 Å². The Balaban J connectivity index is 3.35.